The lowest BCUT2D eigenvalue weighted by atomic mass is 10.00. The maximum atomic E-state index is 10.8. The molecule has 1 fully saturated rings. The molecular weight excluding hydrogens is 268 g/mol. The van der Waals surface area contributed by atoms with Crippen molar-refractivity contribution in [1.29, 1.82) is 0 Å². The van der Waals surface area contributed by atoms with Gasteiger partial charge in [0.25, 0.3) is 0 Å². The van der Waals surface area contributed by atoms with Gasteiger partial charge in [0.1, 0.15) is 12.1 Å². The van der Waals surface area contributed by atoms with Crippen molar-refractivity contribution in [2.75, 3.05) is 18.0 Å². The minimum absolute atomic E-state index is 0.156. The maximum absolute atomic E-state index is 10.8. The summed E-state index contributed by atoms with van der Waals surface area (Å²) < 4.78 is 1.04. The number of pyridine rings is 1. The molecule has 86 valence electrons. The Labute approximate surface area is 104 Å². The second-order valence-corrected chi connectivity index (χ2v) is 5.04. The molecule has 3 nitrogen and oxygen atoms in total. The van der Waals surface area contributed by atoms with Crippen molar-refractivity contribution in [1.82, 2.24) is 4.98 Å². The van der Waals surface area contributed by atoms with E-state index in [2.05, 4.69) is 32.7 Å². The van der Waals surface area contributed by atoms with Crippen LogP contribution in [0.15, 0.2) is 16.7 Å². The van der Waals surface area contributed by atoms with Crippen LogP contribution in [-0.4, -0.2) is 24.4 Å². The number of hydrogen-bond donors (Lipinski definition) is 0. The van der Waals surface area contributed by atoms with Crippen molar-refractivity contribution in [3.63, 3.8) is 0 Å². The van der Waals surface area contributed by atoms with E-state index in [0.717, 1.165) is 42.5 Å². The summed E-state index contributed by atoms with van der Waals surface area (Å²) in [6, 6.07) is 1.98. The lowest BCUT2D eigenvalue weighted by Gasteiger charge is -2.32. The van der Waals surface area contributed by atoms with Crippen LogP contribution in [0.25, 0.3) is 0 Å². The van der Waals surface area contributed by atoms with Gasteiger partial charge in [-0.2, -0.15) is 0 Å². The van der Waals surface area contributed by atoms with Gasteiger partial charge in [-0.15, -0.1) is 0 Å². The highest BCUT2D eigenvalue weighted by Crippen LogP contribution is 2.29. The molecule has 0 bridgehead atoms. The van der Waals surface area contributed by atoms with Crippen LogP contribution in [0, 0.1) is 12.8 Å². The number of carbonyl (C=O) groups is 1. The van der Waals surface area contributed by atoms with Crippen molar-refractivity contribution >= 4 is 28.0 Å². The molecule has 1 aromatic heterocycles. The lowest BCUT2D eigenvalue weighted by Crippen LogP contribution is -2.36. The predicted molar refractivity (Wildman–Crippen MR) is 67.7 cm³/mol. The Morgan fingerprint density at radius 1 is 1.62 bits per heavy atom. The van der Waals surface area contributed by atoms with Gasteiger partial charge in [-0.25, -0.2) is 4.98 Å². The number of rotatable bonds is 2. The van der Waals surface area contributed by atoms with Gasteiger partial charge in [0, 0.05) is 25.2 Å². The highest BCUT2D eigenvalue weighted by molar-refractivity contribution is 9.10. The van der Waals surface area contributed by atoms with Gasteiger partial charge in [-0.3, -0.25) is 0 Å². The molecule has 0 N–H and O–H groups in total. The Kier molecular flexibility index (Phi) is 3.59. The molecule has 4 heteroatoms. The standard InChI is InChI=1S/C12H15BrN2O/c1-9-4-5-14-12(11(9)13)15-6-2-3-10(7-15)8-16/h4-5,8,10H,2-3,6-7H2,1H3. The molecule has 0 aliphatic carbocycles. The van der Waals surface area contributed by atoms with Crippen LogP contribution < -0.4 is 4.90 Å². The van der Waals surface area contributed by atoms with Gasteiger partial charge in [0.2, 0.25) is 0 Å². The number of aldehydes is 1. The van der Waals surface area contributed by atoms with Crippen LogP contribution >= 0.6 is 15.9 Å². The Morgan fingerprint density at radius 2 is 2.44 bits per heavy atom. The first-order valence-corrected chi connectivity index (χ1v) is 6.33. The van der Waals surface area contributed by atoms with Gasteiger partial charge in [-0.05, 0) is 47.3 Å². The van der Waals surface area contributed by atoms with Crippen molar-refractivity contribution in [3.8, 4) is 0 Å². The average Bonchev–Trinajstić information content (AvgIpc) is 2.33. The Balaban J connectivity index is 2.23. The van der Waals surface area contributed by atoms with Crippen molar-refractivity contribution in [2.45, 2.75) is 19.8 Å². The van der Waals surface area contributed by atoms with Crippen LogP contribution in [0.4, 0.5) is 5.82 Å². The third-order valence-corrected chi connectivity index (χ3v) is 3.99. The summed E-state index contributed by atoms with van der Waals surface area (Å²) in [5.74, 6) is 1.12. The molecule has 16 heavy (non-hydrogen) atoms. The molecule has 1 atom stereocenters. The van der Waals surface area contributed by atoms with E-state index < -0.39 is 0 Å². The van der Waals surface area contributed by atoms with Gasteiger partial charge < -0.3 is 9.69 Å². The highest BCUT2D eigenvalue weighted by Gasteiger charge is 2.22. The monoisotopic (exact) mass is 282 g/mol. The summed E-state index contributed by atoms with van der Waals surface area (Å²) in [5.41, 5.74) is 1.18. The Morgan fingerprint density at radius 3 is 3.19 bits per heavy atom. The number of piperidine rings is 1. The zero-order chi connectivity index (χ0) is 11.5. The largest absolute Gasteiger partial charge is 0.355 e. The van der Waals surface area contributed by atoms with Crippen molar-refractivity contribution < 1.29 is 4.79 Å². The summed E-state index contributed by atoms with van der Waals surface area (Å²) in [7, 11) is 0. The molecule has 1 aliphatic rings. The van der Waals surface area contributed by atoms with Crippen LogP contribution in [0.3, 0.4) is 0 Å². The van der Waals surface area contributed by atoms with E-state index in [1.165, 1.54) is 5.56 Å². The maximum Gasteiger partial charge on any atom is 0.143 e. The molecule has 1 aromatic rings. The van der Waals surface area contributed by atoms with E-state index in [9.17, 15) is 4.79 Å². The summed E-state index contributed by atoms with van der Waals surface area (Å²) in [6.07, 6.45) is 4.95. The third-order valence-electron chi connectivity index (χ3n) is 3.01. The first-order valence-electron chi connectivity index (χ1n) is 5.53. The highest BCUT2D eigenvalue weighted by atomic mass is 79.9. The minimum Gasteiger partial charge on any atom is -0.355 e. The zero-order valence-electron chi connectivity index (χ0n) is 9.32. The fourth-order valence-electron chi connectivity index (χ4n) is 2.06. The fraction of sp³-hybridized carbons (Fsp3) is 0.500. The molecule has 2 heterocycles. The molecular formula is C12H15BrN2O. The molecule has 0 amide bonds. The number of nitrogens with zero attached hydrogens (tertiary/aromatic N) is 2. The number of halogens is 1. The summed E-state index contributed by atoms with van der Waals surface area (Å²) in [6.45, 7) is 3.83. The SMILES string of the molecule is Cc1ccnc(N2CCCC(C=O)C2)c1Br. The van der Waals surface area contributed by atoms with Crippen LogP contribution in [0.1, 0.15) is 18.4 Å². The van der Waals surface area contributed by atoms with Gasteiger partial charge in [0.05, 0.1) is 4.47 Å². The lowest BCUT2D eigenvalue weighted by molar-refractivity contribution is -0.111. The van der Waals surface area contributed by atoms with E-state index in [1.807, 2.05) is 12.3 Å². The molecule has 1 unspecified atom stereocenters. The number of aryl methyl sites for hydroxylation is 1. The van der Waals surface area contributed by atoms with Crippen LogP contribution in [0.2, 0.25) is 0 Å². The first kappa shape index (κ1) is 11.6. The second-order valence-electron chi connectivity index (χ2n) is 4.25. The molecule has 0 aromatic carbocycles. The number of anilines is 1. The number of hydrogen-bond acceptors (Lipinski definition) is 3. The molecule has 1 aliphatic heterocycles. The molecule has 0 saturated carbocycles. The topological polar surface area (TPSA) is 33.2 Å². The number of carbonyl (C=O) groups excluding carboxylic acids is 1. The number of aromatic nitrogens is 1. The Hall–Kier alpha value is -0.900. The average molecular weight is 283 g/mol. The van der Waals surface area contributed by atoms with Crippen LogP contribution in [-0.2, 0) is 4.79 Å². The van der Waals surface area contributed by atoms with Crippen molar-refractivity contribution in [3.05, 3.63) is 22.3 Å². The molecule has 1 saturated heterocycles. The normalized spacial score (nSPS) is 20.9. The predicted octanol–water partition coefficient (Wildman–Crippen LogP) is 2.57. The van der Waals surface area contributed by atoms with E-state index in [0.29, 0.717) is 0 Å². The molecule has 0 radical (unpaired) electrons. The summed E-state index contributed by atoms with van der Waals surface area (Å²) >= 11 is 3.57. The summed E-state index contributed by atoms with van der Waals surface area (Å²) in [5, 5.41) is 0. The second kappa shape index (κ2) is 4.95. The quantitative estimate of drug-likeness (QED) is 0.782. The van der Waals surface area contributed by atoms with Crippen molar-refractivity contribution in [2.24, 2.45) is 5.92 Å². The van der Waals surface area contributed by atoms with Gasteiger partial charge in [0.15, 0.2) is 0 Å². The third kappa shape index (κ3) is 2.26. The van der Waals surface area contributed by atoms with E-state index in [4.69, 9.17) is 0 Å². The van der Waals surface area contributed by atoms with E-state index in [-0.39, 0.29) is 5.92 Å². The Bertz CT molecular complexity index is 395. The molecule has 2 rings (SSSR count). The van der Waals surface area contributed by atoms with E-state index in [1.54, 1.807) is 0 Å². The van der Waals surface area contributed by atoms with Gasteiger partial charge >= 0.3 is 0 Å². The molecule has 0 spiro atoms. The fourth-order valence-corrected chi connectivity index (χ4v) is 2.55. The van der Waals surface area contributed by atoms with Gasteiger partial charge in [-0.1, -0.05) is 0 Å². The van der Waals surface area contributed by atoms with E-state index >= 15 is 0 Å². The summed E-state index contributed by atoms with van der Waals surface area (Å²) in [4.78, 5) is 17.4. The smallest absolute Gasteiger partial charge is 0.143 e. The minimum atomic E-state index is 0.156. The zero-order valence-corrected chi connectivity index (χ0v) is 10.9. The first-order chi connectivity index (χ1) is 7.72. The van der Waals surface area contributed by atoms with Crippen LogP contribution in [0.5, 0.6) is 0 Å².